The predicted octanol–water partition coefficient (Wildman–Crippen LogP) is 4.59. The highest BCUT2D eigenvalue weighted by molar-refractivity contribution is 7.90. The highest BCUT2D eigenvalue weighted by Gasteiger charge is 2.26. The maximum absolute atomic E-state index is 14.2. The number of aromatic nitrogens is 3. The molecule has 0 aliphatic carbocycles. The monoisotopic (exact) mass is 563 g/mol. The van der Waals surface area contributed by atoms with Crippen molar-refractivity contribution < 1.29 is 21.9 Å². The van der Waals surface area contributed by atoms with Crippen LogP contribution in [0, 0.1) is 11.6 Å². The molecule has 0 bridgehead atoms. The number of halogens is 3. The van der Waals surface area contributed by atoms with Gasteiger partial charge >= 0.3 is 0 Å². The SMILES string of the molecule is Nc1nccc(-c2sc(N3CCOCC3)nc2-c2cccc(CS(=O)(=O)c3cc(F)ccc3F)c2Cl)n1. The first kappa shape index (κ1) is 25.5. The standard InChI is InChI=1S/C24H20ClF2N5O3S2/c25-20-14(13-37(33,34)19-12-15(26)4-5-17(19)27)2-1-3-16(20)21-22(18-6-7-29-23(28)30-18)36-24(31-21)32-8-10-35-11-9-32/h1-7,12H,8-11,13H2,(H2,28,29,30). The summed E-state index contributed by atoms with van der Waals surface area (Å²) in [5, 5.41) is 0.853. The van der Waals surface area contributed by atoms with Crippen LogP contribution < -0.4 is 10.6 Å². The van der Waals surface area contributed by atoms with E-state index in [9.17, 15) is 17.2 Å². The summed E-state index contributed by atoms with van der Waals surface area (Å²) in [5.74, 6) is -2.43. The van der Waals surface area contributed by atoms with Crippen molar-refractivity contribution in [1.82, 2.24) is 15.0 Å². The van der Waals surface area contributed by atoms with Crippen LogP contribution in [0.15, 0.2) is 53.6 Å². The van der Waals surface area contributed by atoms with Crippen LogP contribution in [0.3, 0.4) is 0 Å². The van der Waals surface area contributed by atoms with Crippen LogP contribution in [0.2, 0.25) is 5.02 Å². The number of nitrogens with two attached hydrogens (primary N) is 1. The van der Waals surface area contributed by atoms with Crippen molar-refractivity contribution in [2.45, 2.75) is 10.6 Å². The Morgan fingerprint density at radius 2 is 1.89 bits per heavy atom. The van der Waals surface area contributed by atoms with Crippen LogP contribution in [-0.4, -0.2) is 49.7 Å². The fraction of sp³-hybridized carbons (Fsp3) is 0.208. The molecule has 192 valence electrons. The summed E-state index contributed by atoms with van der Waals surface area (Å²) >= 11 is 8.13. The van der Waals surface area contributed by atoms with Crippen LogP contribution in [0.25, 0.3) is 21.8 Å². The lowest BCUT2D eigenvalue weighted by molar-refractivity contribution is 0.122. The van der Waals surface area contributed by atoms with E-state index in [1.165, 1.54) is 23.6 Å². The van der Waals surface area contributed by atoms with Crippen molar-refractivity contribution >= 4 is 43.9 Å². The molecule has 0 saturated carbocycles. The molecule has 1 aliphatic heterocycles. The van der Waals surface area contributed by atoms with Gasteiger partial charge in [0.05, 0.1) is 40.3 Å². The number of hydrogen-bond donors (Lipinski definition) is 1. The van der Waals surface area contributed by atoms with Crippen LogP contribution in [0.4, 0.5) is 19.9 Å². The Morgan fingerprint density at radius 1 is 1.11 bits per heavy atom. The van der Waals surface area contributed by atoms with Gasteiger partial charge in [-0.3, -0.25) is 0 Å². The summed E-state index contributed by atoms with van der Waals surface area (Å²) in [6, 6.07) is 8.88. The first-order valence-electron chi connectivity index (χ1n) is 11.1. The average Bonchev–Trinajstić information content (AvgIpc) is 3.32. The van der Waals surface area contributed by atoms with Crippen molar-refractivity contribution in [3.8, 4) is 21.8 Å². The topological polar surface area (TPSA) is 111 Å². The summed E-state index contributed by atoms with van der Waals surface area (Å²) in [6.07, 6.45) is 1.54. The van der Waals surface area contributed by atoms with E-state index in [4.69, 9.17) is 27.1 Å². The highest BCUT2D eigenvalue weighted by atomic mass is 35.5. The largest absolute Gasteiger partial charge is 0.378 e. The molecule has 3 heterocycles. The Balaban J connectivity index is 1.59. The number of nitrogen functional groups attached to an aromatic ring is 1. The minimum atomic E-state index is -4.24. The molecule has 13 heteroatoms. The first-order chi connectivity index (χ1) is 17.7. The molecular weight excluding hydrogens is 544 g/mol. The molecule has 0 unspecified atom stereocenters. The molecule has 2 aromatic carbocycles. The minimum absolute atomic E-state index is 0.0906. The summed E-state index contributed by atoms with van der Waals surface area (Å²) in [7, 11) is -4.24. The summed E-state index contributed by atoms with van der Waals surface area (Å²) in [6.45, 7) is 2.44. The Morgan fingerprint density at radius 3 is 2.65 bits per heavy atom. The lowest BCUT2D eigenvalue weighted by atomic mass is 10.1. The van der Waals surface area contributed by atoms with E-state index in [2.05, 4.69) is 14.9 Å². The van der Waals surface area contributed by atoms with E-state index < -0.39 is 32.1 Å². The molecule has 1 fully saturated rings. The number of ether oxygens (including phenoxy) is 1. The lowest BCUT2D eigenvalue weighted by Gasteiger charge is -2.26. The van der Waals surface area contributed by atoms with Crippen LogP contribution in [0.1, 0.15) is 5.56 Å². The van der Waals surface area contributed by atoms with E-state index in [0.29, 0.717) is 54.2 Å². The molecule has 1 aliphatic rings. The molecule has 0 spiro atoms. The van der Waals surface area contributed by atoms with Gasteiger partial charge in [0.1, 0.15) is 16.5 Å². The lowest BCUT2D eigenvalue weighted by Crippen LogP contribution is -2.36. The number of benzene rings is 2. The third kappa shape index (κ3) is 5.28. The molecular formula is C24H20ClF2N5O3S2. The van der Waals surface area contributed by atoms with Gasteiger partial charge in [-0.05, 0) is 29.8 Å². The van der Waals surface area contributed by atoms with Crippen molar-refractivity contribution in [2.75, 3.05) is 36.9 Å². The number of hydrogen-bond acceptors (Lipinski definition) is 9. The van der Waals surface area contributed by atoms with Crippen LogP contribution >= 0.6 is 22.9 Å². The maximum atomic E-state index is 14.2. The van der Waals surface area contributed by atoms with Crippen molar-refractivity contribution in [3.63, 3.8) is 0 Å². The van der Waals surface area contributed by atoms with Crippen molar-refractivity contribution in [2.24, 2.45) is 0 Å². The Labute approximate surface area is 220 Å². The zero-order valence-corrected chi connectivity index (χ0v) is 21.6. The van der Waals surface area contributed by atoms with Crippen LogP contribution in [0.5, 0.6) is 0 Å². The quantitative estimate of drug-likeness (QED) is 0.362. The van der Waals surface area contributed by atoms with Crippen LogP contribution in [-0.2, 0) is 20.3 Å². The van der Waals surface area contributed by atoms with Gasteiger partial charge < -0.3 is 15.4 Å². The third-order valence-electron chi connectivity index (χ3n) is 5.71. The fourth-order valence-electron chi connectivity index (χ4n) is 3.93. The number of morpholine rings is 1. The smallest absolute Gasteiger partial charge is 0.220 e. The van der Waals surface area contributed by atoms with Gasteiger partial charge in [-0.1, -0.05) is 41.1 Å². The molecule has 0 radical (unpaired) electrons. The van der Waals surface area contributed by atoms with E-state index in [1.54, 1.807) is 18.2 Å². The van der Waals surface area contributed by atoms with Crippen molar-refractivity contribution in [3.05, 3.63) is 70.9 Å². The second-order valence-corrected chi connectivity index (χ2v) is 11.5. The molecule has 2 N–H and O–H groups in total. The normalized spacial score (nSPS) is 14.2. The van der Waals surface area contributed by atoms with Gasteiger partial charge in [0.2, 0.25) is 5.95 Å². The molecule has 2 aromatic heterocycles. The molecule has 0 amide bonds. The predicted molar refractivity (Wildman–Crippen MR) is 138 cm³/mol. The van der Waals surface area contributed by atoms with Gasteiger partial charge in [-0.2, -0.15) is 0 Å². The average molecular weight is 564 g/mol. The summed E-state index contributed by atoms with van der Waals surface area (Å²) in [4.78, 5) is 15.2. The fourth-order valence-corrected chi connectivity index (χ4v) is 6.85. The molecule has 5 rings (SSSR count). The van der Waals surface area contributed by atoms with Crippen molar-refractivity contribution in [1.29, 1.82) is 0 Å². The second-order valence-electron chi connectivity index (χ2n) is 8.19. The third-order valence-corrected chi connectivity index (χ3v) is 8.97. The van der Waals surface area contributed by atoms with Gasteiger partial charge in [0.25, 0.3) is 0 Å². The first-order valence-corrected chi connectivity index (χ1v) is 14.0. The Hall–Kier alpha value is -3.19. The zero-order valence-electron chi connectivity index (χ0n) is 19.2. The molecule has 8 nitrogen and oxygen atoms in total. The van der Waals surface area contributed by atoms with Gasteiger partial charge in [0.15, 0.2) is 15.0 Å². The highest BCUT2D eigenvalue weighted by Crippen LogP contribution is 2.43. The van der Waals surface area contributed by atoms with E-state index in [0.717, 1.165) is 17.3 Å². The molecule has 1 saturated heterocycles. The number of sulfone groups is 1. The Kier molecular flexibility index (Phi) is 7.08. The summed E-state index contributed by atoms with van der Waals surface area (Å²) < 4.78 is 59.3. The van der Waals surface area contributed by atoms with Gasteiger partial charge in [-0.25, -0.2) is 32.2 Å². The molecule has 0 atom stereocenters. The van der Waals surface area contributed by atoms with Gasteiger partial charge in [-0.15, -0.1) is 0 Å². The summed E-state index contributed by atoms with van der Waals surface area (Å²) in [5.41, 5.74) is 7.54. The van der Waals surface area contributed by atoms with E-state index in [-0.39, 0.29) is 16.5 Å². The number of nitrogens with zero attached hydrogens (tertiary/aromatic N) is 4. The zero-order chi connectivity index (χ0) is 26.2. The number of rotatable bonds is 6. The molecule has 4 aromatic rings. The second kappa shape index (κ2) is 10.3. The maximum Gasteiger partial charge on any atom is 0.220 e. The number of thiazole rings is 1. The minimum Gasteiger partial charge on any atom is -0.378 e. The number of anilines is 2. The Bertz CT molecular complexity index is 1580. The van der Waals surface area contributed by atoms with Gasteiger partial charge in [0, 0.05) is 24.8 Å². The molecule has 37 heavy (non-hydrogen) atoms. The van der Waals surface area contributed by atoms with E-state index >= 15 is 0 Å². The van der Waals surface area contributed by atoms with E-state index in [1.807, 2.05) is 0 Å².